The van der Waals surface area contributed by atoms with E-state index >= 15 is 0 Å². The Bertz CT molecular complexity index is 517. The fourth-order valence-corrected chi connectivity index (χ4v) is 3.32. The van der Waals surface area contributed by atoms with Crippen molar-refractivity contribution in [3.8, 4) is 0 Å². The Labute approximate surface area is 134 Å². The van der Waals surface area contributed by atoms with Crippen molar-refractivity contribution < 1.29 is 29.6 Å². The summed E-state index contributed by atoms with van der Waals surface area (Å²) in [6, 6.07) is 0. The lowest BCUT2D eigenvalue weighted by atomic mass is 9.84. The molecule has 3 aliphatic carbocycles. The Hall–Kier alpha value is -1.76. The maximum atomic E-state index is 9.92. The van der Waals surface area contributed by atoms with Gasteiger partial charge in [0.05, 0.1) is 18.8 Å². The summed E-state index contributed by atoms with van der Waals surface area (Å²) < 4.78 is 3.97. The number of aliphatic hydroxyl groups is 3. The SMILES string of the molecule is CC(O)CO.O=C1C=CC(=O)O1.OC1C=CC2C3C=CC(C3)C12. The summed E-state index contributed by atoms with van der Waals surface area (Å²) in [4.78, 5) is 19.8. The van der Waals surface area contributed by atoms with Crippen LogP contribution in [0.2, 0.25) is 0 Å². The molecule has 6 atom stereocenters. The lowest BCUT2D eigenvalue weighted by Crippen LogP contribution is -2.23. The van der Waals surface area contributed by atoms with Gasteiger partial charge in [0.25, 0.3) is 0 Å². The van der Waals surface area contributed by atoms with E-state index in [9.17, 15) is 14.7 Å². The van der Waals surface area contributed by atoms with Crippen molar-refractivity contribution >= 4 is 11.9 Å². The van der Waals surface area contributed by atoms with Gasteiger partial charge in [-0.25, -0.2) is 9.59 Å². The number of hydrogen-bond donors (Lipinski definition) is 3. The van der Waals surface area contributed by atoms with Crippen LogP contribution in [0.3, 0.4) is 0 Å². The van der Waals surface area contributed by atoms with Crippen molar-refractivity contribution in [1.29, 1.82) is 0 Å². The van der Waals surface area contributed by atoms with Gasteiger partial charge in [-0.1, -0.05) is 24.3 Å². The molecule has 6 nitrogen and oxygen atoms in total. The number of rotatable bonds is 1. The summed E-state index contributed by atoms with van der Waals surface area (Å²) in [7, 11) is 0. The fourth-order valence-electron chi connectivity index (χ4n) is 3.32. The Morgan fingerprint density at radius 1 is 1.13 bits per heavy atom. The third kappa shape index (κ3) is 4.37. The van der Waals surface area contributed by atoms with E-state index in [-0.39, 0.29) is 12.7 Å². The summed E-state index contributed by atoms with van der Waals surface area (Å²) in [5.74, 6) is 1.47. The average Bonchev–Trinajstić information content (AvgIpc) is 3.26. The molecule has 0 aromatic rings. The standard InChI is InChI=1S/C10H12O.C4H2O3.C3H8O2/c11-9-4-3-8-6-1-2-7(5-6)10(8)9;5-3-1-2-4(6)7-3;1-3(5)2-4/h1-4,6-11H,5H2;1-2H;3-5H,2H2,1H3. The smallest absolute Gasteiger partial charge is 0.338 e. The topological polar surface area (TPSA) is 104 Å². The molecule has 0 spiro atoms. The van der Waals surface area contributed by atoms with Crippen molar-refractivity contribution in [2.45, 2.75) is 25.6 Å². The monoisotopic (exact) mass is 322 g/mol. The second-order valence-electron chi connectivity index (χ2n) is 6.08. The highest BCUT2D eigenvalue weighted by molar-refractivity contribution is 6.04. The lowest BCUT2D eigenvalue weighted by molar-refractivity contribution is -0.150. The molecule has 4 rings (SSSR count). The number of aliphatic hydroxyl groups excluding tert-OH is 3. The molecule has 1 fully saturated rings. The normalized spacial score (nSPS) is 36.1. The first-order valence-electron chi connectivity index (χ1n) is 7.70. The van der Waals surface area contributed by atoms with Gasteiger partial charge < -0.3 is 20.1 Å². The van der Waals surface area contributed by atoms with E-state index in [1.165, 1.54) is 13.3 Å². The van der Waals surface area contributed by atoms with Crippen molar-refractivity contribution in [1.82, 2.24) is 0 Å². The van der Waals surface area contributed by atoms with E-state index in [1.54, 1.807) is 0 Å². The predicted molar refractivity (Wildman–Crippen MR) is 81.9 cm³/mol. The van der Waals surface area contributed by atoms with Gasteiger partial charge in [-0.05, 0) is 31.1 Å². The van der Waals surface area contributed by atoms with E-state index in [0.717, 1.165) is 18.1 Å². The van der Waals surface area contributed by atoms with Crippen LogP contribution in [0.1, 0.15) is 13.3 Å². The molecule has 4 aliphatic rings. The molecule has 1 heterocycles. The van der Waals surface area contributed by atoms with Crippen molar-refractivity contribution in [2.75, 3.05) is 6.61 Å². The molecule has 6 unspecified atom stereocenters. The van der Waals surface area contributed by atoms with Gasteiger partial charge in [0.2, 0.25) is 0 Å². The van der Waals surface area contributed by atoms with E-state index < -0.39 is 18.0 Å². The number of carbonyl (C=O) groups excluding carboxylic acids is 2. The molecular weight excluding hydrogens is 300 g/mol. The number of carbonyl (C=O) groups is 2. The molecule has 3 N–H and O–H groups in total. The van der Waals surface area contributed by atoms with Crippen LogP contribution >= 0.6 is 0 Å². The number of esters is 2. The Morgan fingerprint density at radius 2 is 1.70 bits per heavy atom. The van der Waals surface area contributed by atoms with Gasteiger partial charge in [-0.3, -0.25) is 0 Å². The number of fused-ring (bicyclic) bond motifs is 5. The highest BCUT2D eigenvalue weighted by atomic mass is 16.6. The van der Waals surface area contributed by atoms with Crippen LogP contribution in [-0.4, -0.2) is 46.1 Å². The quantitative estimate of drug-likeness (QED) is 0.365. The van der Waals surface area contributed by atoms with E-state index in [1.807, 2.05) is 6.08 Å². The van der Waals surface area contributed by atoms with Crippen molar-refractivity contribution in [3.05, 3.63) is 36.5 Å². The predicted octanol–water partition coefficient (Wildman–Crippen LogP) is 0.341. The number of cyclic esters (lactones) is 2. The molecule has 0 saturated heterocycles. The van der Waals surface area contributed by atoms with Crippen LogP contribution in [0, 0.1) is 23.7 Å². The third-order valence-corrected chi connectivity index (χ3v) is 4.33. The van der Waals surface area contributed by atoms with E-state index in [0.29, 0.717) is 17.8 Å². The maximum absolute atomic E-state index is 9.92. The first-order valence-corrected chi connectivity index (χ1v) is 7.70. The minimum absolute atomic E-state index is 0.139. The van der Waals surface area contributed by atoms with Crippen LogP contribution in [0.15, 0.2) is 36.5 Å². The molecule has 126 valence electrons. The van der Waals surface area contributed by atoms with E-state index in [2.05, 4.69) is 23.0 Å². The second kappa shape index (κ2) is 7.68. The second-order valence-corrected chi connectivity index (χ2v) is 6.08. The highest BCUT2D eigenvalue weighted by Gasteiger charge is 2.48. The van der Waals surface area contributed by atoms with Gasteiger partial charge in [-0.2, -0.15) is 0 Å². The lowest BCUT2D eigenvalue weighted by Gasteiger charge is -2.22. The molecule has 1 aliphatic heterocycles. The van der Waals surface area contributed by atoms with Crippen LogP contribution in [0.25, 0.3) is 0 Å². The van der Waals surface area contributed by atoms with E-state index in [4.69, 9.17) is 10.2 Å². The van der Waals surface area contributed by atoms with Gasteiger partial charge in [0.1, 0.15) is 0 Å². The number of hydrogen-bond acceptors (Lipinski definition) is 6. The fraction of sp³-hybridized carbons (Fsp3) is 0.529. The first kappa shape index (κ1) is 17.6. The first-order chi connectivity index (χ1) is 10.9. The Balaban J connectivity index is 0.000000139. The van der Waals surface area contributed by atoms with Gasteiger partial charge in [0.15, 0.2) is 0 Å². The number of allylic oxidation sites excluding steroid dienone is 3. The highest BCUT2D eigenvalue weighted by Crippen LogP contribution is 2.52. The minimum atomic E-state index is -0.579. The molecule has 0 aromatic carbocycles. The van der Waals surface area contributed by atoms with Gasteiger partial charge in [0, 0.05) is 18.1 Å². The zero-order valence-electron chi connectivity index (χ0n) is 12.9. The zero-order valence-corrected chi connectivity index (χ0v) is 12.9. The molecule has 0 amide bonds. The summed E-state index contributed by atoms with van der Waals surface area (Å²) in [5.41, 5.74) is 0. The van der Waals surface area contributed by atoms with Crippen LogP contribution < -0.4 is 0 Å². The summed E-state index contributed by atoms with van der Waals surface area (Å²) in [6.45, 7) is 1.39. The summed E-state index contributed by atoms with van der Waals surface area (Å²) >= 11 is 0. The largest absolute Gasteiger partial charge is 0.394 e. The zero-order chi connectivity index (χ0) is 17.0. The molecule has 6 heteroatoms. The average molecular weight is 322 g/mol. The molecule has 0 radical (unpaired) electrons. The van der Waals surface area contributed by atoms with Crippen LogP contribution in [0.5, 0.6) is 0 Å². The summed E-state index contributed by atoms with van der Waals surface area (Å²) in [5, 5.41) is 25.6. The van der Waals surface area contributed by atoms with Gasteiger partial charge in [-0.15, -0.1) is 0 Å². The molecule has 2 bridgehead atoms. The minimum Gasteiger partial charge on any atom is -0.394 e. The Morgan fingerprint density at radius 3 is 2.13 bits per heavy atom. The molecule has 1 saturated carbocycles. The van der Waals surface area contributed by atoms with Crippen LogP contribution in [0.4, 0.5) is 0 Å². The van der Waals surface area contributed by atoms with Crippen molar-refractivity contribution in [3.63, 3.8) is 0 Å². The molecule has 23 heavy (non-hydrogen) atoms. The maximum Gasteiger partial charge on any atom is 0.338 e. The molecule has 0 aromatic heterocycles. The number of ether oxygens (including phenoxy) is 1. The van der Waals surface area contributed by atoms with Crippen molar-refractivity contribution in [2.24, 2.45) is 23.7 Å². The Kier molecular flexibility index (Phi) is 5.87. The van der Waals surface area contributed by atoms with Gasteiger partial charge >= 0.3 is 11.9 Å². The molecular formula is C17H22O6. The van der Waals surface area contributed by atoms with Crippen LogP contribution in [-0.2, 0) is 14.3 Å². The summed E-state index contributed by atoms with van der Waals surface area (Å²) in [6.07, 6.45) is 11.6. The third-order valence-electron chi connectivity index (χ3n) is 4.33.